The average molecular weight is 244 g/mol. The monoisotopic (exact) mass is 244 g/mol. The van der Waals surface area contributed by atoms with Crippen LogP contribution in [0.3, 0.4) is 0 Å². The fourth-order valence-corrected chi connectivity index (χ4v) is 3.37. The Bertz CT molecular complexity index is 439. The zero-order valence-electron chi connectivity index (χ0n) is 10.6. The summed E-state index contributed by atoms with van der Waals surface area (Å²) in [5.74, 6) is -0.163. The smallest absolute Gasteiger partial charge is 0.229 e. The van der Waals surface area contributed by atoms with Crippen molar-refractivity contribution in [3.05, 3.63) is 35.9 Å². The summed E-state index contributed by atoms with van der Waals surface area (Å²) in [5, 5.41) is 0. The predicted octanol–water partition coefficient (Wildman–Crippen LogP) is 1.67. The summed E-state index contributed by atoms with van der Waals surface area (Å²) >= 11 is 0. The summed E-state index contributed by atoms with van der Waals surface area (Å²) in [6, 6.07) is 10.4. The van der Waals surface area contributed by atoms with Crippen molar-refractivity contribution in [2.75, 3.05) is 13.1 Å². The largest absolute Gasteiger partial charge is 0.369 e. The lowest BCUT2D eigenvalue weighted by Crippen LogP contribution is -2.41. The number of amides is 1. The number of benzene rings is 1. The average Bonchev–Trinajstić information content (AvgIpc) is 3.18. The van der Waals surface area contributed by atoms with E-state index in [1.165, 1.54) is 19.3 Å². The standard InChI is InChI=1S/C15H20N2O/c16-14(18)15(12-7-3-1-4-8-12)11-13(15)17-9-5-2-6-10-17/h1,3-4,7-8,13H,2,5-6,9-11H2,(H2,16,18). The van der Waals surface area contributed by atoms with Gasteiger partial charge >= 0.3 is 0 Å². The molecule has 2 unspecified atom stereocenters. The number of primary amides is 1. The lowest BCUT2D eigenvalue weighted by molar-refractivity contribution is -0.121. The maximum Gasteiger partial charge on any atom is 0.229 e. The number of likely N-dealkylation sites (tertiary alicyclic amines) is 1. The van der Waals surface area contributed by atoms with Gasteiger partial charge in [-0.05, 0) is 37.9 Å². The molecular weight excluding hydrogens is 224 g/mol. The third-order valence-corrected chi connectivity index (χ3v) is 4.48. The zero-order chi connectivity index (χ0) is 12.6. The minimum absolute atomic E-state index is 0.163. The van der Waals surface area contributed by atoms with Crippen LogP contribution in [0.1, 0.15) is 31.2 Å². The minimum Gasteiger partial charge on any atom is -0.369 e. The van der Waals surface area contributed by atoms with Gasteiger partial charge in [-0.1, -0.05) is 36.8 Å². The van der Waals surface area contributed by atoms with Crippen LogP contribution in [-0.4, -0.2) is 29.9 Å². The Balaban J connectivity index is 1.85. The summed E-state index contributed by atoms with van der Waals surface area (Å²) in [4.78, 5) is 14.4. The van der Waals surface area contributed by atoms with E-state index in [2.05, 4.69) is 4.90 Å². The van der Waals surface area contributed by atoms with Gasteiger partial charge in [0.25, 0.3) is 0 Å². The van der Waals surface area contributed by atoms with E-state index >= 15 is 0 Å². The second kappa shape index (κ2) is 4.39. The zero-order valence-corrected chi connectivity index (χ0v) is 10.6. The van der Waals surface area contributed by atoms with Gasteiger partial charge in [-0.2, -0.15) is 0 Å². The van der Waals surface area contributed by atoms with Gasteiger partial charge in [0.2, 0.25) is 5.91 Å². The molecule has 1 heterocycles. The number of hydrogen-bond acceptors (Lipinski definition) is 2. The molecule has 0 spiro atoms. The van der Waals surface area contributed by atoms with Crippen LogP contribution in [0.5, 0.6) is 0 Å². The highest BCUT2D eigenvalue weighted by atomic mass is 16.1. The number of piperidine rings is 1. The van der Waals surface area contributed by atoms with Gasteiger partial charge in [0, 0.05) is 6.04 Å². The molecule has 1 aliphatic carbocycles. The van der Waals surface area contributed by atoms with Gasteiger partial charge in [0.15, 0.2) is 0 Å². The molecule has 1 saturated heterocycles. The highest BCUT2D eigenvalue weighted by Crippen LogP contribution is 2.51. The fourth-order valence-electron chi connectivity index (χ4n) is 3.37. The van der Waals surface area contributed by atoms with E-state index in [0.717, 1.165) is 25.1 Å². The van der Waals surface area contributed by atoms with Crippen LogP contribution in [0.2, 0.25) is 0 Å². The molecule has 3 heteroatoms. The van der Waals surface area contributed by atoms with Crippen LogP contribution in [0, 0.1) is 0 Å². The molecule has 96 valence electrons. The third kappa shape index (κ3) is 1.74. The number of nitrogens with two attached hydrogens (primary N) is 1. The quantitative estimate of drug-likeness (QED) is 0.879. The fraction of sp³-hybridized carbons (Fsp3) is 0.533. The number of carbonyl (C=O) groups is 1. The molecule has 2 N–H and O–H groups in total. The molecule has 2 aliphatic rings. The van der Waals surface area contributed by atoms with Crippen molar-refractivity contribution in [1.29, 1.82) is 0 Å². The van der Waals surface area contributed by atoms with Crippen molar-refractivity contribution >= 4 is 5.91 Å². The summed E-state index contributed by atoms with van der Waals surface area (Å²) in [6.07, 6.45) is 4.71. The predicted molar refractivity (Wildman–Crippen MR) is 71.1 cm³/mol. The topological polar surface area (TPSA) is 46.3 Å². The maximum atomic E-state index is 11.9. The number of carbonyl (C=O) groups excluding carboxylic acids is 1. The SMILES string of the molecule is NC(=O)C1(c2ccccc2)CC1N1CCCCC1. The first kappa shape index (κ1) is 11.7. The number of hydrogen-bond donors (Lipinski definition) is 1. The number of nitrogens with zero attached hydrogens (tertiary/aromatic N) is 1. The normalized spacial score (nSPS) is 32.1. The van der Waals surface area contributed by atoms with Crippen LogP contribution in [0.25, 0.3) is 0 Å². The molecular formula is C15H20N2O. The molecule has 1 aliphatic heterocycles. The van der Waals surface area contributed by atoms with Crippen LogP contribution in [0.4, 0.5) is 0 Å². The highest BCUT2D eigenvalue weighted by Gasteiger charge is 2.62. The van der Waals surface area contributed by atoms with E-state index in [0.29, 0.717) is 6.04 Å². The molecule has 3 rings (SSSR count). The molecule has 1 aromatic carbocycles. The van der Waals surface area contributed by atoms with E-state index in [9.17, 15) is 4.79 Å². The molecule has 3 nitrogen and oxygen atoms in total. The Morgan fingerprint density at radius 2 is 1.83 bits per heavy atom. The Morgan fingerprint density at radius 1 is 1.17 bits per heavy atom. The van der Waals surface area contributed by atoms with E-state index in [4.69, 9.17) is 5.73 Å². The van der Waals surface area contributed by atoms with Gasteiger partial charge in [-0.3, -0.25) is 9.69 Å². The Hall–Kier alpha value is -1.35. The summed E-state index contributed by atoms with van der Waals surface area (Å²) < 4.78 is 0. The van der Waals surface area contributed by atoms with Crippen molar-refractivity contribution in [1.82, 2.24) is 4.90 Å². The van der Waals surface area contributed by atoms with Crippen LogP contribution in [-0.2, 0) is 10.2 Å². The minimum atomic E-state index is -0.418. The third-order valence-electron chi connectivity index (χ3n) is 4.48. The molecule has 0 radical (unpaired) electrons. The first-order valence-electron chi connectivity index (χ1n) is 6.84. The van der Waals surface area contributed by atoms with Gasteiger partial charge in [-0.15, -0.1) is 0 Å². The lowest BCUT2D eigenvalue weighted by Gasteiger charge is -2.29. The molecule has 1 saturated carbocycles. The van der Waals surface area contributed by atoms with Crippen LogP contribution < -0.4 is 5.73 Å². The molecule has 1 amide bonds. The molecule has 0 bridgehead atoms. The van der Waals surface area contributed by atoms with E-state index < -0.39 is 5.41 Å². The van der Waals surface area contributed by atoms with E-state index in [1.54, 1.807) is 0 Å². The summed E-state index contributed by atoms with van der Waals surface area (Å²) in [6.45, 7) is 2.24. The lowest BCUT2D eigenvalue weighted by atomic mass is 9.93. The van der Waals surface area contributed by atoms with Gasteiger partial charge in [0.1, 0.15) is 0 Å². The maximum absolute atomic E-state index is 11.9. The Kier molecular flexibility index (Phi) is 2.86. The van der Waals surface area contributed by atoms with Gasteiger partial charge < -0.3 is 5.73 Å². The molecule has 2 fully saturated rings. The van der Waals surface area contributed by atoms with Crippen molar-refractivity contribution < 1.29 is 4.79 Å². The Morgan fingerprint density at radius 3 is 2.44 bits per heavy atom. The summed E-state index contributed by atoms with van der Waals surface area (Å²) in [5.41, 5.74) is 6.37. The number of rotatable bonds is 3. The highest BCUT2D eigenvalue weighted by molar-refractivity contribution is 5.91. The van der Waals surface area contributed by atoms with Gasteiger partial charge in [-0.25, -0.2) is 0 Å². The van der Waals surface area contributed by atoms with E-state index in [-0.39, 0.29) is 5.91 Å². The molecule has 18 heavy (non-hydrogen) atoms. The summed E-state index contributed by atoms with van der Waals surface area (Å²) in [7, 11) is 0. The second-order valence-electron chi connectivity index (χ2n) is 5.52. The van der Waals surface area contributed by atoms with Crippen molar-refractivity contribution in [2.24, 2.45) is 5.73 Å². The second-order valence-corrected chi connectivity index (χ2v) is 5.52. The van der Waals surface area contributed by atoms with Gasteiger partial charge in [0.05, 0.1) is 5.41 Å². The van der Waals surface area contributed by atoms with Crippen molar-refractivity contribution in [3.63, 3.8) is 0 Å². The van der Waals surface area contributed by atoms with Crippen molar-refractivity contribution in [2.45, 2.75) is 37.1 Å². The molecule has 0 aromatic heterocycles. The Labute approximate surface area is 108 Å². The van der Waals surface area contributed by atoms with Crippen LogP contribution in [0.15, 0.2) is 30.3 Å². The van der Waals surface area contributed by atoms with Crippen LogP contribution >= 0.6 is 0 Å². The van der Waals surface area contributed by atoms with Crippen molar-refractivity contribution in [3.8, 4) is 0 Å². The molecule has 1 aromatic rings. The first-order valence-corrected chi connectivity index (χ1v) is 6.84. The van der Waals surface area contributed by atoms with E-state index in [1.807, 2.05) is 30.3 Å². The molecule has 2 atom stereocenters. The first-order chi connectivity index (χ1) is 8.75.